The van der Waals surface area contributed by atoms with E-state index in [9.17, 15) is 0 Å². The van der Waals surface area contributed by atoms with Crippen molar-refractivity contribution in [1.29, 1.82) is 0 Å². The van der Waals surface area contributed by atoms with Crippen LogP contribution in [0.5, 0.6) is 0 Å². The second-order valence-electron chi connectivity index (χ2n) is 4.64. The SMILES string of the molecule is Cc1ccc(-c2ccnc3[nH]cc(N)c23)c(C)c1. The van der Waals surface area contributed by atoms with Crippen molar-refractivity contribution in [1.82, 2.24) is 9.97 Å². The fraction of sp³-hybridized carbons (Fsp3) is 0.133. The van der Waals surface area contributed by atoms with Crippen molar-refractivity contribution in [2.75, 3.05) is 5.73 Å². The Kier molecular flexibility index (Phi) is 2.33. The molecule has 3 aromatic rings. The molecule has 1 aromatic carbocycles. The number of rotatable bonds is 1. The third-order valence-electron chi connectivity index (χ3n) is 3.28. The molecule has 0 bridgehead atoms. The van der Waals surface area contributed by atoms with Gasteiger partial charge in [0.25, 0.3) is 0 Å². The maximum Gasteiger partial charge on any atom is 0.139 e. The van der Waals surface area contributed by atoms with Gasteiger partial charge in [-0.3, -0.25) is 0 Å². The van der Waals surface area contributed by atoms with Crippen LogP contribution in [0.25, 0.3) is 22.2 Å². The zero-order chi connectivity index (χ0) is 12.7. The van der Waals surface area contributed by atoms with Crippen molar-refractivity contribution in [3.63, 3.8) is 0 Å². The summed E-state index contributed by atoms with van der Waals surface area (Å²) in [6.45, 7) is 4.22. The molecule has 0 spiro atoms. The van der Waals surface area contributed by atoms with Gasteiger partial charge in [-0.25, -0.2) is 4.98 Å². The molecule has 0 saturated carbocycles. The summed E-state index contributed by atoms with van der Waals surface area (Å²) in [6, 6.07) is 8.47. The summed E-state index contributed by atoms with van der Waals surface area (Å²) >= 11 is 0. The van der Waals surface area contributed by atoms with Crippen LogP contribution in [0, 0.1) is 13.8 Å². The van der Waals surface area contributed by atoms with Crippen LogP contribution in [0.4, 0.5) is 5.69 Å². The molecule has 0 unspecified atom stereocenters. The van der Waals surface area contributed by atoms with Gasteiger partial charge in [0.15, 0.2) is 0 Å². The largest absolute Gasteiger partial charge is 0.397 e. The molecule has 3 rings (SSSR count). The van der Waals surface area contributed by atoms with Crippen molar-refractivity contribution in [3.05, 3.63) is 47.8 Å². The van der Waals surface area contributed by atoms with Gasteiger partial charge in [-0.05, 0) is 36.6 Å². The number of H-pyrrole nitrogens is 1. The van der Waals surface area contributed by atoms with Crippen molar-refractivity contribution in [3.8, 4) is 11.1 Å². The summed E-state index contributed by atoms with van der Waals surface area (Å²) in [5.41, 5.74) is 12.5. The van der Waals surface area contributed by atoms with Gasteiger partial charge < -0.3 is 10.7 Å². The number of hydrogen-bond acceptors (Lipinski definition) is 2. The number of pyridine rings is 1. The summed E-state index contributed by atoms with van der Waals surface area (Å²) in [6.07, 6.45) is 3.61. The van der Waals surface area contributed by atoms with Crippen LogP contribution >= 0.6 is 0 Å². The molecule has 0 saturated heterocycles. The second kappa shape index (κ2) is 3.88. The molecule has 0 amide bonds. The smallest absolute Gasteiger partial charge is 0.139 e. The first-order valence-electron chi connectivity index (χ1n) is 5.96. The van der Waals surface area contributed by atoms with Gasteiger partial charge in [-0.15, -0.1) is 0 Å². The van der Waals surface area contributed by atoms with Gasteiger partial charge in [0.2, 0.25) is 0 Å². The average Bonchev–Trinajstić information content (AvgIpc) is 2.72. The van der Waals surface area contributed by atoms with Crippen LogP contribution in [0.3, 0.4) is 0 Å². The lowest BCUT2D eigenvalue weighted by Gasteiger charge is -2.08. The number of anilines is 1. The zero-order valence-electron chi connectivity index (χ0n) is 10.5. The Bertz CT molecular complexity index is 726. The Hall–Kier alpha value is -2.29. The molecule has 2 aromatic heterocycles. The molecule has 0 radical (unpaired) electrons. The van der Waals surface area contributed by atoms with E-state index in [2.05, 4.69) is 42.0 Å². The summed E-state index contributed by atoms with van der Waals surface area (Å²) in [5.74, 6) is 0. The lowest BCUT2D eigenvalue weighted by Crippen LogP contribution is -1.89. The summed E-state index contributed by atoms with van der Waals surface area (Å²) in [4.78, 5) is 7.39. The highest BCUT2D eigenvalue weighted by Gasteiger charge is 2.10. The maximum absolute atomic E-state index is 6.02. The van der Waals surface area contributed by atoms with Gasteiger partial charge in [0, 0.05) is 17.8 Å². The van der Waals surface area contributed by atoms with E-state index in [1.165, 1.54) is 16.7 Å². The molecule has 0 fully saturated rings. The Morgan fingerprint density at radius 3 is 2.72 bits per heavy atom. The highest BCUT2D eigenvalue weighted by molar-refractivity contribution is 6.01. The average molecular weight is 237 g/mol. The standard InChI is InChI=1S/C15H15N3/c1-9-3-4-11(10(2)7-9)12-5-6-17-15-14(12)13(16)8-18-15/h3-8H,16H2,1-2H3,(H,17,18). The molecule has 2 heterocycles. The highest BCUT2D eigenvalue weighted by Crippen LogP contribution is 2.33. The third-order valence-corrected chi connectivity index (χ3v) is 3.28. The molecule has 3 nitrogen and oxygen atoms in total. The molecule has 3 N–H and O–H groups in total. The first-order valence-corrected chi connectivity index (χ1v) is 5.96. The fourth-order valence-corrected chi connectivity index (χ4v) is 2.42. The highest BCUT2D eigenvalue weighted by atomic mass is 14.9. The predicted molar refractivity (Wildman–Crippen MR) is 75.4 cm³/mol. The van der Waals surface area contributed by atoms with Crippen molar-refractivity contribution >= 4 is 16.7 Å². The lowest BCUT2D eigenvalue weighted by molar-refractivity contribution is 1.32. The maximum atomic E-state index is 6.02. The van der Waals surface area contributed by atoms with E-state index < -0.39 is 0 Å². The summed E-state index contributed by atoms with van der Waals surface area (Å²) in [5, 5.41) is 1.00. The van der Waals surface area contributed by atoms with Crippen molar-refractivity contribution in [2.24, 2.45) is 0 Å². The number of aryl methyl sites for hydroxylation is 2. The van der Waals surface area contributed by atoms with E-state index in [1.807, 2.05) is 12.3 Å². The number of nitrogens with one attached hydrogen (secondary N) is 1. The van der Waals surface area contributed by atoms with Gasteiger partial charge in [-0.2, -0.15) is 0 Å². The molecule has 0 aliphatic carbocycles. The molecule has 3 heteroatoms. The number of aromatic nitrogens is 2. The molecule has 0 aliphatic rings. The Morgan fingerprint density at radius 1 is 1.11 bits per heavy atom. The quantitative estimate of drug-likeness (QED) is 0.681. The van der Waals surface area contributed by atoms with E-state index >= 15 is 0 Å². The molecular weight excluding hydrogens is 222 g/mol. The molecule has 18 heavy (non-hydrogen) atoms. The Morgan fingerprint density at radius 2 is 1.94 bits per heavy atom. The fourth-order valence-electron chi connectivity index (χ4n) is 2.42. The van der Waals surface area contributed by atoms with E-state index in [1.54, 1.807) is 6.20 Å². The van der Waals surface area contributed by atoms with Gasteiger partial charge in [0.1, 0.15) is 5.65 Å². The van der Waals surface area contributed by atoms with E-state index in [0.717, 1.165) is 22.3 Å². The molecule has 0 aliphatic heterocycles. The van der Waals surface area contributed by atoms with Crippen LogP contribution < -0.4 is 5.73 Å². The minimum absolute atomic E-state index is 0.744. The number of nitrogens with zero attached hydrogens (tertiary/aromatic N) is 1. The second-order valence-corrected chi connectivity index (χ2v) is 4.64. The van der Waals surface area contributed by atoms with Gasteiger partial charge >= 0.3 is 0 Å². The first-order chi connectivity index (χ1) is 8.66. The summed E-state index contributed by atoms with van der Waals surface area (Å²) < 4.78 is 0. The van der Waals surface area contributed by atoms with Crippen LogP contribution in [0.1, 0.15) is 11.1 Å². The number of nitrogen functional groups attached to an aromatic ring is 1. The van der Waals surface area contributed by atoms with Crippen LogP contribution in [0.15, 0.2) is 36.7 Å². The first kappa shape index (κ1) is 10.8. The molecule has 0 atom stereocenters. The van der Waals surface area contributed by atoms with Gasteiger partial charge in [0.05, 0.1) is 5.69 Å². The summed E-state index contributed by atoms with van der Waals surface area (Å²) in [7, 11) is 0. The zero-order valence-corrected chi connectivity index (χ0v) is 10.5. The van der Waals surface area contributed by atoms with E-state index in [4.69, 9.17) is 5.73 Å². The van der Waals surface area contributed by atoms with E-state index in [-0.39, 0.29) is 0 Å². The topological polar surface area (TPSA) is 54.7 Å². The Labute approximate surface area is 106 Å². The number of fused-ring (bicyclic) bond motifs is 1. The van der Waals surface area contributed by atoms with Gasteiger partial charge in [-0.1, -0.05) is 23.8 Å². The normalized spacial score (nSPS) is 11.0. The number of hydrogen-bond donors (Lipinski definition) is 2. The van der Waals surface area contributed by atoms with Crippen LogP contribution in [-0.4, -0.2) is 9.97 Å². The monoisotopic (exact) mass is 237 g/mol. The van der Waals surface area contributed by atoms with Crippen molar-refractivity contribution in [2.45, 2.75) is 13.8 Å². The number of benzene rings is 1. The molecule has 90 valence electrons. The molecular formula is C15H15N3. The van der Waals surface area contributed by atoms with Crippen molar-refractivity contribution < 1.29 is 0 Å². The Balaban J connectivity index is 2.34. The minimum atomic E-state index is 0.744. The predicted octanol–water partition coefficient (Wildman–Crippen LogP) is 3.43. The number of nitrogens with two attached hydrogens (primary N) is 1. The minimum Gasteiger partial charge on any atom is -0.397 e. The van der Waals surface area contributed by atoms with Crippen LogP contribution in [0.2, 0.25) is 0 Å². The van der Waals surface area contributed by atoms with Crippen LogP contribution in [-0.2, 0) is 0 Å². The third kappa shape index (κ3) is 1.56. The number of aromatic amines is 1. The lowest BCUT2D eigenvalue weighted by atomic mass is 9.97. The van der Waals surface area contributed by atoms with E-state index in [0.29, 0.717) is 0 Å².